The molecule has 0 spiro atoms. The third-order valence-corrected chi connectivity index (χ3v) is 7.34. The van der Waals surface area contributed by atoms with Gasteiger partial charge in [0.1, 0.15) is 5.82 Å². The molecule has 0 saturated carbocycles. The van der Waals surface area contributed by atoms with E-state index >= 15 is 0 Å². The summed E-state index contributed by atoms with van der Waals surface area (Å²) in [4.78, 5) is 29.9. The number of hydrogen-bond donors (Lipinski definition) is 1. The highest BCUT2D eigenvalue weighted by molar-refractivity contribution is 8.04. The molecule has 2 N–H and O–H groups in total. The summed E-state index contributed by atoms with van der Waals surface area (Å²) in [6.45, 7) is 3.09. The Balaban J connectivity index is 1.56. The zero-order chi connectivity index (χ0) is 22.0. The van der Waals surface area contributed by atoms with Gasteiger partial charge in [0, 0.05) is 24.7 Å². The largest absolute Gasteiger partial charge is 0.365 e. The molecule has 2 atom stereocenters. The maximum Gasteiger partial charge on any atom is 0.257 e. The molecule has 2 unspecified atom stereocenters. The highest BCUT2D eigenvalue weighted by atomic mass is 32.2. The summed E-state index contributed by atoms with van der Waals surface area (Å²) in [6.07, 6.45) is 2.15. The van der Waals surface area contributed by atoms with Crippen molar-refractivity contribution in [2.45, 2.75) is 38.2 Å². The molecule has 7 heteroatoms. The fourth-order valence-electron chi connectivity index (χ4n) is 4.33. The van der Waals surface area contributed by atoms with Crippen molar-refractivity contribution >= 4 is 23.6 Å². The first-order valence-electron chi connectivity index (χ1n) is 10.5. The molecule has 0 aliphatic carbocycles. The number of thioether (sulfide) groups is 1. The zero-order valence-electron chi connectivity index (χ0n) is 17.5. The van der Waals surface area contributed by atoms with Crippen LogP contribution in [0.15, 0.2) is 65.2 Å². The standard InChI is InChI=1S/C24H26FN3O2S/c1-16-21(22(26)29)31-24(28(16)15-17-7-3-2-4-8-17)27-12-6-10-19(23(27)30)13-18-9-5-11-20(25)14-18/h2-5,7-9,11,14,19,24H,6,10,12-13,15H2,1H3,(H2,26,29). The van der Waals surface area contributed by atoms with E-state index in [2.05, 4.69) is 4.90 Å². The van der Waals surface area contributed by atoms with E-state index in [0.717, 1.165) is 29.7 Å². The van der Waals surface area contributed by atoms with Crippen molar-refractivity contribution in [1.82, 2.24) is 9.80 Å². The minimum atomic E-state index is -0.469. The van der Waals surface area contributed by atoms with Gasteiger partial charge in [-0.25, -0.2) is 4.39 Å². The van der Waals surface area contributed by atoms with Crippen LogP contribution >= 0.6 is 11.8 Å². The van der Waals surface area contributed by atoms with E-state index in [0.29, 0.717) is 24.4 Å². The van der Waals surface area contributed by atoms with Gasteiger partial charge < -0.3 is 15.5 Å². The van der Waals surface area contributed by atoms with E-state index in [1.807, 2.05) is 48.2 Å². The number of primary amides is 1. The number of likely N-dealkylation sites (tertiary alicyclic amines) is 1. The average molecular weight is 440 g/mol. The summed E-state index contributed by atoms with van der Waals surface area (Å²) in [5, 5.41) is 0. The van der Waals surface area contributed by atoms with E-state index in [-0.39, 0.29) is 23.1 Å². The van der Waals surface area contributed by atoms with Gasteiger partial charge in [0.25, 0.3) is 5.91 Å². The number of benzene rings is 2. The Labute approximate surface area is 186 Å². The molecule has 2 heterocycles. The Morgan fingerprint density at radius 3 is 2.61 bits per heavy atom. The van der Waals surface area contributed by atoms with Gasteiger partial charge >= 0.3 is 0 Å². The first-order valence-corrected chi connectivity index (χ1v) is 11.3. The second-order valence-corrected chi connectivity index (χ2v) is 9.11. The van der Waals surface area contributed by atoms with E-state index in [1.54, 1.807) is 6.07 Å². The summed E-state index contributed by atoms with van der Waals surface area (Å²) in [6, 6.07) is 16.4. The molecule has 0 radical (unpaired) electrons. The molecule has 1 saturated heterocycles. The number of carbonyl (C=O) groups excluding carboxylic acids is 2. The molecule has 4 rings (SSSR count). The quantitative estimate of drug-likeness (QED) is 0.742. The molecule has 31 heavy (non-hydrogen) atoms. The smallest absolute Gasteiger partial charge is 0.257 e. The molecule has 0 aromatic heterocycles. The van der Waals surface area contributed by atoms with Crippen LogP contribution in [0.1, 0.15) is 30.9 Å². The van der Waals surface area contributed by atoms with Gasteiger partial charge in [-0.3, -0.25) is 9.59 Å². The number of amides is 2. The third kappa shape index (κ3) is 4.61. The van der Waals surface area contributed by atoms with E-state index in [1.165, 1.54) is 23.9 Å². The molecule has 2 aliphatic rings. The van der Waals surface area contributed by atoms with Crippen LogP contribution in [0.5, 0.6) is 0 Å². The predicted molar refractivity (Wildman–Crippen MR) is 120 cm³/mol. The van der Waals surface area contributed by atoms with Gasteiger partial charge in [0.2, 0.25) is 5.91 Å². The summed E-state index contributed by atoms with van der Waals surface area (Å²) in [5.41, 5.74) is 8.04. The summed E-state index contributed by atoms with van der Waals surface area (Å²) >= 11 is 1.35. The van der Waals surface area contributed by atoms with Crippen LogP contribution in [0.25, 0.3) is 0 Å². The summed E-state index contributed by atoms with van der Waals surface area (Å²) in [5.74, 6) is -0.912. The lowest BCUT2D eigenvalue weighted by Gasteiger charge is -2.41. The lowest BCUT2D eigenvalue weighted by molar-refractivity contribution is -0.141. The molecule has 0 bridgehead atoms. The SMILES string of the molecule is CC1=C(C(N)=O)SC(N2CCCC(Cc3cccc(F)c3)C2=O)N1Cc1ccccc1. The minimum Gasteiger partial charge on any atom is -0.365 e. The second kappa shape index (κ2) is 9.14. The molecule has 1 fully saturated rings. The van der Waals surface area contributed by atoms with Gasteiger partial charge in [0.15, 0.2) is 5.50 Å². The van der Waals surface area contributed by atoms with Gasteiger partial charge in [-0.1, -0.05) is 54.2 Å². The third-order valence-electron chi connectivity index (χ3n) is 5.89. The highest BCUT2D eigenvalue weighted by Crippen LogP contribution is 2.42. The van der Waals surface area contributed by atoms with Gasteiger partial charge in [-0.05, 0) is 49.4 Å². The van der Waals surface area contributed by atoms with Crippen molar-refractivity contribution in [3.8, 4) is 0 Å². The molecular formula is C24H26FN3O2S. The van der Waals surface area contributed by atoms with Crippen LogP contribution in [-0.2, 0) is 22.6 Å². The topological polar surface area (TPSA) is 66.6 Å². The lowest BCUT2D eigenvalue weighted by Crippen LogP contribution is -2.51. The molecule has 2 aliphatic heterocycles. The van der Waals surface area contributed by atoms with Crippen molar-refractivity contribution in [1.29, 1.82) is 0 Å². The molecule has 2 amide bonds. The average Bonchev–Trinajstić information content (AvgIpc) is 3.07. The predicted octanol–water partition coefficient (Wildman–Crippen LogP) is 3.86. The van der Waals surface area contributed by atoms with Crippen LogP contribution in [0.2, 0.25) is 0 Å². The van der Waals surface area contributed by atoms with Crippen LogP contribution in [-0.4, -0.2) is 33.7 Å². The zero-order valence-corrected chi connectivity index (χ0v) is 18.3. The molecule has 162 valence electrons. The van der Waals surface area contributed by atoms with Crippen LogP contribution in [0.4, 0.5) is 4.39 Å². The van der Waals surface area contributed by atoms with Crippen molar-refractivity contribution < 1.29 is 14.0 Å². The maximum absolute atomic E-state index is 13.6. The number of rotatable bonds is 6. The van der Waals surface area contributed by atoms with Crippen LogP contribution < -0.4 is 5.73 Å². The van der Waals surface area contributed by atoms with Crippen molar-refractivity contribution in [3.63, 3.8) is 0 Å². The second-order valence-electron chi connectivity index (χ2n) is 8.04. The Hall–Kier alpha value is -2.80. The number of carbonyl (C=O) groups is 2. The number of nitrogens with two attached hydrogens (primary N) is 1. The molecule has 5 nitrogen and oxygen atoms in total. The Morgan fingerprint density at radius 2 is 1.90 bits per heavy atom. The number of nitrogens with zero attached hydrogens (tertiary/aromatic N) is 2. The summed E-state index contributed by atoms with van der Waals surface area (Å²) < 4.78 is 13.6. The Bertz CT molecular complexity index is 1010. The number of halogens is 1. The van der Waals surface area contributed by atoms with Gasteiger partial charge in [-0.2, -0.15) is 0 Å². The highest BCUT2D eigenvalue weighted by Gasteiger charge is 2.41. The van der Waals surface area contributed by atoms with Crippen LogP contribution in [0, 0.1) is 11.7 Å². The Morgan fingerprint density at radius 1 is 1.16 bits per heavy atom. The van der Waals surface area contributed by atoms with Gasteiger partial charge in [-0.15, -0.1) is 0 Å². The first-order chi connectivity index (χ1) is 14.9. The fraction of sp³-hybridized carbons (Fsp3) is 0.333. The first kappa shape index (κ1) is 21.4. The van der Waals surface area contributed by atoms with E-state index in [4.69, 9.17) is 5.73 Å². The summed E-state index contributed by atoms with van der Waals surface area (Å²) in [7, 11) is 0. The number of hydrogen-bond acceptors (Lipinski definition) is 4. The Kier molecular flexibility index (Phi) is 6.32. The van der Waals surface area contributed by atoms with Crippen molar-refractivity contribution in [2.24, 2.45) is 11.7 Å². The monoisotopic (exact) mass is 439 g/mol. The molecule has 2 aromatic carbocycles. The number of piperidine rings is 1. The normalized spacial score (nSPS) is 21.7. The van der Waals surface area contributed by atoms with E-state index in [9.17, 15) is 14.0 Å². The lowest BCUT2D eigenvalue weighted by atomic mass is 9.90. The van der Waals surface area contributed by atoms with Crippen LogP contribution in [0.3, 0.4) is 0 Å². The minimum absolute atomic E-state index is 0.0459. The van der Waals surface area contributed by atoms with E-state index < -0.39 is 5.91 Å². The van der Waals surface area contributed by atoms with Crippen molar-refractivity contribution in [2.75, 3.05) is 6.54 Å². The fourth-order valence-corrected chi connectivity index (χ4v) is 5.64. The van der Waals surface area contributed by atoms with Crippen molar-refractivity contribution in [3.05, 3.63) is 82.1 Å². The van der Waals surface area contributed by atoms with Gasteiger partial charge in [0.05, 0.1) is 4.91 Å². The maximum atomic E-state index is 13.6. The molecular weight excluding hydrogens is 413 g/mol. The number of allylic oxidation sites excluding steroid dienone is 1. The molecule has 2 aromatic rings.